The molecule has 8 nitrogen and oxygen atoms in total. The number of carbonyl (C=O) groups is 4. The molecule has 0 aromatic heterocycles. The lowest BCUT2D eigenvalue weighted by Crippen LogP contribution is -2.39. The summed E-state index contributed by atoms with van der Waals surface area (Å²) in [4.78, 5) is 51.4. The molecule has 0 aliphatic carbocycles. The molecular weight excluding hydrogens is 396 g/mol. The van der Waals surface area contributed by atoms with E-state index in [2.05, 4.69) is 10.6 Å². The van der Waals surface area contributed by atoms with Gasteiger partial charge in [0.1, 0.15) is 12.6 Å². The molecule has 1 fully saturated rings. The summed E-state index contributed by atoms with van der Waals surface area (Å²) < 4.78 is 0. The molecule has 150 valence electrons. The van der Waals surface area contributed by atoms with Crippen LogP contribution in [0, 0.1) is 0 Å². The van der Waals surface area contributed by atoms with Gasteiger partial charge in [0.2, 0.25) is 5.91 Å². The molecule has 29 heavy (non-hydrogen) atoms. The predicted molar refractivity (Wildman–Crippen MR) is 109 cm³/mol. The van der Waals surface area contributed by atoms with Gasteiger partial charge in [-0.15, -0.1) is 0 Å². The average molecular weight is 415 g/mol. The van der Waals surface area contributed by atoms with Crippen molar-refractivity contribution in [1.82, 2.24) is 10.2 Å². The Kier molecular flexibility index (Phi) is 5.84. The van der Waals surface area contributed by atoms with Crippen LogP contribution in [-0.2, 0) is 9.59 Å². The van der Waals surface area contributed by atoms with Crippen LogP contribution in [0.2, 0.25) is 5.02 Å². The maximum Gasteiger partial charge on any atom is 0.332 e. The lowest BCUT2D eigenvalue weighted by Gasteiger charge is -2.19. The van der Waals surface area contributed by atoms with Crippen LogP contribution in [0.1, 0.15) is 17.3 Å². The molecule has 0 spiro atoms. The lowest BCUT2D eigenvalue weighted by atomic mass is 10.2. The second kappa shape index (κ2) is 8.32. The van der Waals surface area contributed by atoms with E-state index >= 15 is 0 Å². The van der Waals surface area contributed by atoms with E-state index < -0.39 is 30.4 Å². The van der Waals surface area contributed by atoms with E-state index in [-0.39, 0.29) is 5.91 Å². The number of hydrogen-bond donors (Lipinski definition) is 2. The summed E-state index contributed by atoms with van der Waals surface area (Å²) in [5, 5.41) is 5.63. The summed E-state index contributed by atoms with van der Waals surface area (Å²) in [6.45, 7) is 1.19. The maximum atomic E-state index is 12.7. The largest absolute Gasteiger partial charge is 0.355 e. The molecule has 1 aliphatic heterocycles. The molecule has 2 aromatic rings. The Labute approximate surface area is 172 Å². The number of nitrogens with one attached hydrogen (secondary N) is 2. The molecule has 9 heteroatoms. The number of anilines is 2. The SMILES string of the molecule is CNC(=O)c1ccc(NC(=O)CN2C(=O)C(C)N(c3ccc(Cl)cc3)C2=O)cc1. The second-order valence-electron chi connectivity index (χ2n) is 6.43. The highest BCUT2D eigenvalue weighted by atomic mass is 35.5. The molecule has 1 atom stereocenters. The molecule has 1 unspecified atom stereocenters. The number of benzene rings is 2. The fourth-order valence-corrected chi connectivity index (χ4v) is 3.13. The van der Waals surface area contributed by atoms with Crippen molar-refractivity contribution >= 4 is 46.7 Å². The standard InChI is InChI=1S/C20H19ClN4O4/c1-12-19(28)24(20(29)25(12)16-9-5-14(21)6-10-16)11-17(26)23-15-7-3-13(4-8-15)18(27)22-2/h3-10,12H,11H2,1-2H3,(H,22,27)(H,23,26). The minimum Gasteiger partial charge on any atom is -0.355 e. The van der Waals surface area contributed by atoms with E-state index in [1.807, 2.05) is 0 Å². The van der Waals surface area contributed by atoms with Crippen molar-refractivity contribution in [3.8, 4) is 0 Å². The monoisotopic (exact) mass is 414 g/mol. The number of urea groups is 1. The third kappa shape index (κ3) is 4.22. The van der Waals surface area contributed by atoms with E-state index in [0.717, 1.165) is 4.90 Å². The Morgan fingerprint density at radius 3 is 2.24 bits per heavy atom. The topological polar surface area (TPSA) is 98.8 Å². The zero-order valence-corrected chi connectivity index (χ0v) is 16.6. The summed E-state index contributed by atoms with van der Waals surface area (Å²) in [5.41, 5.74) is 1.42. The normalized spacial score (nSPS) is 16.2. The van der Waals surface area contributed by atoms with Gasteiger partial charge in [-0.2, -0.15) is 0 Å². The Morgan fingerprint density at radius 2 is 1.66 bits per heavy atom. The zero-order chi connectivity index (χ0) is 21.1. The molecule has 0 saturated carbocycles. The first-order valence-electron chi connectivity index (χ1n) is 8.84. The first-order valence-corrected chi connectivity index (χ1v) is 9.21. The van der Waals surface area contributed by atoms with Gasteiger partial charge < -0.3 is 10.6 Å². The van der Waals surface area contributed by atoms with Crippen molar-refractivity contribution < 1.29 is 19.2 Å². The number of amides is 5. The summed E-state index contributed by atoms with van der Waals surface area (Å²) in [6, 6.07) is 11.5. The Balaban J connectivity index is 1.68. The molecule has 2 N–H and O–H groups in total. The minimum absolute atomic E-state index is 0.243. The van der Waals surface area contributed by atoms with Gasteiger partial charge in [-0.3, -0.25) is 24.2 Å². The third-order valence-electron chi connectivity index (χ3n) is 4.51. The predicted octanol–water partition coefficient (Wildman–Crippen LogP) is 2.50. The fourth-order valence-electron chi connectivity index (χ4n) is 3.00. The number of carbonyl (C=O) groups excluding carboxylic acids is 4. The van der Waals surface area contributed by atoms with Gasteiger partial charge in [0.25, 0.3) is 11.8 Å². The highest BCUT2D eigenvalue weighted by Gasteiger charge is 2.44. The number of halogens is 1. The van der Waals surface area contributed by atoms with E-state index in [1.54, 1.807) is 55.5 Å². The Bertz CT molecular complexity index is 959. The van der Waals surface area contributed by atoms with Crippen molar-refractivity contribution in [3.63, 3.8) is 0 Å². The van der Waals surface area contributed by atoms with Crippen LogP contribution < -0.4 is 15.5 Å². The molecular formula is C20H19ClN4O4. The molecule has 0 bridgehead atoms. The molecule has 0 radical (unpaired) electrons. The van der Waals surface area contributed by atoms with Gasteiger partial charge in [-0.25, -0.2) is 4.79 Å². The van der Waals surface area contributed by atoms with Crippen LogP contribution in [0.5, 0.6) is 0 Å². The minimum atomic E-state index is -0.733. The maximum absolute atomic E-state index is 12.7. The molecule has 1 aliphatic rings. The number of rotatable bonds is 5. The number of nitrogens with zero attached hydrogens (tertiary/aromatic N) is 2. The highest BCUT2D eigenvalue weighted by molar-refractivity contribution is 6.30. The van der Waals surface area contributed by atoms with Crippen LogP contribution in [0.3, 0.4) is 0 Å². The smallest absolute Gasteiger partial charge is 0.332 e. The number of imide groups is 1. The molecule has 3 rings (SSSR count). The number of hydrogen-bond acceptors (Lipinski definition) is 4. The van der Waals surface area contributed by atoms with E-state index in [1.165, 1.54) is 11.9 Å². The summed E-state index contributed by atoms with van der Waals surface area (Å²) >= 11 is 5.87. The zero-order valence-electron chi connectivity index (χ0n) is 15.8. The van der Waals surface area contributed by atoms with Crippen LogP contribution in [-0.4, -0.2) is 48.3 Å². The van der Waals surface area contributed by atoms with Crippen molar-refractivity contribution in [3.05, 3.63) is 59.1 Å². The molecule has 5 amide bonds. The van der Waals surface area contributed by atoms with Crippen LogP contribution >= 0.6 is 11.6 Å². The summed E-state index contributed by atoms with van der Waals surface area (Å²) in [6.07, 6.45) is 0. The first-order chi connectivity index (χ1) is 13.8. The van der Waals surface area contributed by atoms with Crippen molar-refractivity contribution in [2.24, 2.45) is 0 Å². The van der Waals surface area contributed by atoms with Gasteiger partial charge in [-0.05, 0) is 55.5 Å². The van der Waals surface area contributed by atoms with Gasteiger partial charge in [0.15, 0.2) is 0 Å². The Morgan fingerprint density at radius 1 is 1.03 bits per heavy atom. The van der Waals surface area contributed by atoms with Gasteiger partial charge in [-0.1, -0.05) is 11.6 Å². The van der Waals surface area contributed by atoms with Crippen LogP contribution in [0.25, 0.3) is 0 Å². The molecule has 1 saturated heterocycles. The first kappa shape index (κ1) is 20.3. The van der Waals surface area contributed by atoms with Gasteiger partial charge in [0, 0.05) is 29.0 Å². The second-order valence-corrected chi connectivity index (χ2v) is 6.87. The summed E-state index contributed by atoms with van der Waals surface area (Å²) in [5.74, 6) is -1.23. The van der Waals surface area contributed by atoms with E-state index in [9.17, 15) is 19.2 Å². The quantitative estimate of drug-likeness (QED) is 0.734. The van der Waals surface area contributed by atoms with E-state index in [4.69, 9.17) is 11.6 Å². The summed E-state index contributed by atoms with van der Waals surface area (Å²) in [7, 11) is 1.52. The van der Waals surface area contributed by atoms with Gasteiger partial charge >= 0.3 is 6.03 Å². The van der Waals surface area contributed by atoms with Crippen molar-refractivity contribution in [1.29, 1.82) is 0 Å². The van der Waals surface area contributed by atoms with E-state index in [0.29, 0.717) is 22.0 Å². The van der Waals surface area contributed by atoms with Crippen LogP contribution in [0.15, 0.2) is 48.5 Å². The Hall–Kier alpha value is -3.39. The average Bonchev–Trinajstić information content (AvgIpc) is 2.92. The third-order valence-corrected chi connectivity index (χ3v) is 4.76. The highest BCUT2D eigenvalue weighted by Crippen LogP contribution is 2.27. The molecule has 1 heterocycles. The molecule has 2 aromatic carbocycles. The van der Waals surface area contributed by atoms with Crippen molar-refractivity contribution in [2.75, 3.05) is 23.8 Å². The fraction of sp³-hybridized carbons (Fsp3) is 0.200. The van der Waals surface area contributed by atoms with Gasteiger partial charge in [0.05, 0.1) is 0 Å². The lowest BCUT2D eigenvalue weighted by molar-refractivity contribution is -0.130. The van der Waals surface area contributed by atoms with Crippen molar-refractivity contribution in [2.45, 2.75) is 13.0 Å². The van der Waals surface area contributed by atoms with Crippen LogP contribution in [0.4, 0.5) is 16.2 Å².